The number of hydrogen-bond acceptors (Lipinski definition) is 3. The fourth-order valence-corrected chi connectivity index (χ4v) is 2.17. The van der Waals surface area contributed by atoms with E-state index < -0.39 is 0 Å². The minimum absolute atomic E-state index is 1.01. The van der Waals surface area contributed by atoms with E-state index in [1.807, 2.05) is 30.3 Å². The molecule has 0 amide bonds. The molecule has 0 aliphatic rings. The van der Waals surface area contributed by atoms with Gasteiger partial charge in [0.2, 0.25) is 0 Å². The molecule has 2 nitrogen and oxygen atoms in total. The fourth-order valence-electron chi connectivity index (χ4n) is 1.83. The van der Waals surface area contributed by atoms with Gasteiger partial charge in [0.15, 0.2) is 0 Å². The summed E-state index contributed by atoms with van der Waals surface area (Å²) in [6.07, 6.45) is 0. The Morgan fingerprint density at radius 1 is 0.875 bits per heavy atom. The lowest BCUT2D eigenvalue weighted by Crippen LogP contribution is -1.84. The zero-order valence-corrected chi connectivity index (χ0v) is 9.37. The number of nitrogens with two attached hydrogens (primary N) is 1. The van der Waals surface area contributed by atoms with Gasteiger partial charge >= 0.3 is 0 Å². The predicted molar refractivity (Wildman–Crippen MR) is 69.3 cm³/mol. The smallest absolute Gasteiger partial charge is 0.0710 e. The van der Waals surface area contributed by atoms with Crippen LogP contribution >= 0.6 is 11.9 Å². The van der Waals surface area contributed by atoms with Crippen molar-refractivity contribution in [1.29, 1.82) is 0 Å². The molecule has 3 rings (SSSR count). The first-order valence-electron chi connectivity index (χ1n) is 5.03. The van der Waals surface area contributed by atoms with Crippen molar-refractivity contribution in [1.82, 2.24) is 4.98 Å². The van der Waals surface area contributed by atoms with Gasteiger partial charge in [0.1, 0.15) is 0 Å². The number of benzene rings is 2. The van der Waals surface area contributed by atoms with E-state index in [1.54, 1.807) is 0 Å². The minimum Gasteiger partial charge on any atom is -0.274 e. The van der Waals surface area contributed by atoms with Crippen molar-refractivity contribution in [3.05, 3.63) is 48.5 Å². The summed E-state index contributed by atoms with van der Waals surface area (Å²) in [5.41, 5.74) is 2.04. The molecule has 0 spiro atoms. The molecule has 3 heteroatoms. The van der Waals surface area contributed by atoms with Crippen molar-refractivity contribution >= 4 is 33.8 Å². The highest BCUT2D eigenvalue weighted by molar-refractivity contribution is 7.97. The Bertz CT molecular complexity index is 664. The molecule has 2 N–H and O–H groups in total. The molecule has 1 heterocycles. The van der Waals surface area contributed by atoms with Crippen LogP contribution in [0, 0.1) is 0 Å². The quantitative estimate of drug-likeness (QED) is 0.511. The summed E-state index contributed by atoms with van der Waals surface area (Å²) >= 11 is 1.26. The second-order valence-electron chi connectivity index (χ2n) is 3.65. The first kappa shape index (κ1) is 9.63. The molecule has 0 saturated carbocycles. The number of para-hydroxylation sites is 1. The molecule has 78 valence electrons. The van der Waals surface area contributed by atoms with Gasteiger partial charge in [0.25, 0.3) is 0 Å². The molecule has 0 bridgehead atoms. The van der Waals surface area contributed by atoms with Crippen LogP contribution in [0.3, 0.4) is 0 Å². The number of hydrogen-bond donors (Lipinski definition) is 1. The Balaban J connectivity index is 2.37. The average Bonchev–Trinajstić information content (AvgIpc) is 2.35. The monoisotopic (exact) mass is 226 g/mol. The van der Waals surface area contributed by atoms with Crippen LogP contribution in [0.4, 0.5) is 0 Å². The first-order valence-corrected chi connectivity index (χ1v) is 5.91. The van der Waals surface area contributed by atoms with Crippen molar-refractivity contribution in [2.75, 3.05) is 0 Å². The summed E-state index contributed by atoms with van der Waals surface area (Å²) in [7, 11) is 0. The Kier molecular flexibility index (Phi) is 2.27. The Morgan fingerprint density at radius 3 is 2.56 bits per heavy atom. The second kappa shape index (κ2) is 3.77. The molecule has 0 saturated heterocycles. The number of aromatic nitrogens is 1. The van der Waals surface area contributed by atoms with Crippen LogP contribution in [0.25, 0.3) is 21.8 Å². The van der Waals surface area contributed by atoms with E-state index in [0.29, 0.717) is 0 Å². The van der Waals surface area contributed by atoms with Crippen molar-refractivity contribution in [3.63, 3.8) is 0 Å². The number of pyridine rings is 1. The second-order valence-corrected chi connectivity index (χ2v) is 4.36. The summed E-state index contributed by atoms with van der Waals surface area (Å²) in [4.78, 5) is 5.66. The Labute approximate surface area is 97.6 Å². The molecule has 1 aromatic heterocycles. The molecule has 0 aliphatic heterocycles. The summed E-state index contributed by atoms with van der Waals surface area (Å²) in [5.74, 6) is 0. The van der Waals surface area contributed by atoms with E-state index in [2.05, 4.69) is 23.2 Å². The zero-order valence-electron chi connectivity index (χ0n) is 8.55. The Morgan fingerprint density at radius 2 is 1.69 bits per heavy atom. The highest BCUT2D eigenvalue weighted by Gasteiger charge is 2.00. The third kappa shape index (κ3) is 1.54. The lowest BCUT2D eigenvalue weighted by molar-refractivity contribution is 1.44. The first-order chi connectivity index (χ1) is 7.86. The van der Waals surface area contributed by atoms with Crippen LogP contribution in [-0.2, 0) is 0 Å². The maximum atomic E-state index is 5.55. The standard InChI is InChI=1S/C13H10N2S/c14-16-11-5-6-13-10(8-11)7-9-3-1-2-4-12(9)15-13/h1-8H,14H2. The van der Waals surface area contributed by atoms with Gasteiger partial charge in [-0.15, -0.1) is 0 Å². The number of fused-ring (bicyclic) bond motifs is 2. The van der Waals surface area contributed by atoms with Gasteiger partial charge in [-0.1, -0.05) is 18.2 Å². The van der Waals surface area contributed by atoms with Crippen LogP contribution in [0.5, 0.6) is 0 Å². The van der Waals surface area contributed by atoms with E-state index >= 15 is 0 Å². The molecule has 0 unspecified atom stereocenters. The van der Waals surface area contributed by atoms with E-state index in [9.17, 15) is 0 Å². The van der Waals surface area contributed by atoms with Crippen molar-refractivity contribution in [3.8, 4) is 0 Å². The van der Waals surface area contributed by atoms with Crippen molar-refractivity contribution < 1.29 is 0 Å². The summed E-state index contributed by atoms with van der Waals surface area (Å²) < 4.78 is 0. The van der Waals surface area contributed by atoms with Crippen LogP contribution in [0.15, 0.2) is 53.4 Å². The molecule has 2 aromatic carbocycles. The van der Waals surface area contributed by atoms with Crippen LogP contribution < -0.4 is 5.14 Å². The molecule has 3 aromatic rings. The Hall–Kier alpha value is -1.58. The van der Waals surface area contributed by atoms with E-state index in [-0.39, 0.29) is 0 Å². The third-order valence-corrected chi connectivity index (χ3v) is 3.15. The van der Waals surface area contributed by atoms with Gasteiger partial charge < -0.3 is 0 Å². The number of rotatable bonds is 1. The maximum Gasteiger partial charge on any atom is 0.0710 e. The molecule has 0 aliphatic carbocycles. The topological polar surface area (TPSA) is 38.9 Å². The number of nitrogens with zero attached hydrogens (tertiary/aromatic N) is 1. The summed E-state index contributed by atoms with van der Waals surface area (Å²) in [6.45, 7) is 0. The lowest BCUT2D eigenvalue weighted by Gasteiger charge is -2.02. The van der Waals surface area contributed by atoms with Crippen molar-refractivity contribution in [2.24, 2.45) is 5.14 Å². The van der Waals surface area contributed by atoms with Crippen LogP contribution in [-0.4, -0.2) is 4.98 Å². The van der Waals surface area contributed by atoms with Gasteiger partial charge in [-0.05, 0) is 42.3 Å². The van der Waals surface area contributed by atoms with Crippen LogP contribution in [0.2, 0.25) is 0 Å². The average molecular weight is 226 g/mol. The maximum absolute atomic E-state index is 5.55. The summed E-state index contributed by atoms with van der Waals surface area (Å²) in [5, 5.41) is 7.84. The van der Waals surface area contributed by atoms with Gasteiger partial charge in [-0.3, -0.25) is 5.14 Å². The zero-order chi connectivity index (χ0) is 11.0. The van der Waals surface area contributed by atoms with Gasteiger partial charge in [-0.2, -0.15) is 0 Å². The lowest BCUT2D eigenvalue weighted by atomic mass is 10.1. The fraction of sp³-hybridized carbons (Fsp3) is 0. The highest BCUT2D eigenvalue weighted by atomic mass is 32.2. The van der Waals surface area contributed by atoms with E-state index in [4.69, 9.17) is 5.14 Å². The van der Waals surface area contributed by atoms with E-state index in [0.717, 1.165) is 26.7 Å². The molecular formula is C13H10N2S. The van der Waals surface area contributed by atoms with Crippen molar-refractivity contribution in [2.45, 2.75) is 4.90 Å². The highest BCUT2D eigenvalue weighted by Crippen LogP contribution is 2.23. The third-order valence-electron chi connectivity index (χ3n) is 2.62. The minimum atomic E-state index is 1.01. The van der Waals surface area contributed by atoms with E-state index in [1.165, 1.54) is 11.9 Å². The van der Waals surface area contributed by atoms with Gasteiger partial charge in [0.05, 0.1) is 11.0 Å². The molecule has 0 atom stereocenters. The summed E-state index contributed by atoms with van der Waals surface area (Å²) in [6, 6.07) is 16.4. The predicted octanol–water partition coefficient (Wildman–Crippen LogP) is 3.35. The molecular weight excluding hydrogens is 216 g/mol. The SMILES string of the molecule is NSc1ccc2nc3ccccc3cc2c1. The molecule has 0 radical (unpaired) electrons. The molecule has 16 heavy (non-hydrogen) atoms. The van der Waals surface area contributed by atoms with Crippen LogP contribution in [0.1, 0.15) is 0 Å². The van der Waals surface area contributed by atoms with Gasteiger partial charge in [0, 0.05) is 15.7 Å². The largest absolute Gasteiger partial charge is 0.274 e. The molecule has 0 fully saturated rings. The normalized spacial score (nSPS) is 11.1. The van der Waals surface area contributed by atoms with Gasteiger partial charge in [-0.25, -0.2) is 4.98 Å².